The highest BCUT2D eigenvalue weighted by Gasteiger charge is 2.35. The lowest BCUT2D eigenvalue weighted by molar-refractivity contribution is -0.123. The van der Waals surface area contributed by atoms with Gasteiger partial charge in [-0.15, -0.1) is 0 Å². The van der Waals surface area contributed by atoms with Crippen molar-refractivity contribution in [2.45, 2.75) is 33.3 Å². The van der Waals surface area contributed by atoms with E-state index in [1.54, 1.807) is 30.3 Å². The molecule has 0 aromatic heterocycles. The van der Waals surface area contributed by atoms with Crippen molar-refractivity contribution in [2.24, 2.45) is 0 Å². The van der Waals surface area contributed by atoms with Gasteiger partial charge in [-0.3, -0.25) is 14.5 Å². The van der Waals surface area contributed by atoms with E-state index in [1.165, 1.54) is 24.1 Å². The van der Waals surface area contributed by atoms with Crippen LogP contribution >= 0.6 is 27.7 Å². The monoisotopic (exact) mass is 613 g/mol. The largest absolute Gasteiger partial charge is 0.493 e. The minimum Gasteiger partial charge on any atom is -0.493 e. The molecule has 0 saturated carbocycles. The normalized spacial score (nSPS) is 14.4. The van der Waals surface area contributed by atoms with Gasteiger partial charge in [0.1, 0.15) is 24.8 Å². The average Bonchev–Trinajstić information content (AvgIpc) is 3.16. The summed E-state index contributed by atoms with van der Waals surface area (Å²) in [6, 6.07) is 15.6. The molecule has 0 aliphatic carbocycles. The van der Waals surface area contributed by atoms with Gasteiger partial charge in [0.05, 0.1) is 23.0 Å². The Balaban J connectivity index is 1.44. The molecular formula is C30H29BrFNO5S. The highest BCUT2D eigenvalue weighted by atomic mass is 79.9. The van der Waals surface area contributed by atoms with Gasteiger partial charge in [0.2, 0.25) is 0 Å². The molecule has 0 unspecified atom stereocenters. The quantitative estimate of drug-likeness (QED) is 0.218. The molecule has 0 N–H and O–H groups in total. The van der Waals surface area contributed by atoms with Crippen LogP contribution in [0.15, 0.2) is 64.0 Å². The van der Waals surface area contributed by atoms with Crippen molar-refractivity contribution in [2.75, 3.05) is 20.3 Å². The number of imide groups is 1. The van der Waals surface area contributed by atoms with Crippen LogP contribution in [0, 0.1) is 12.7 Å². The van der Waals surface area contributed by atoms with E-state index in [1.807, 2.05) is 25.1 Å². The van der Waals surface area contributed by atoms with Crippen LogP contribution in [0.1, 0.15) is 42.0 Å². The van der Waals surface area contributed by atoms with E-state index in [0.717, 1.165) is 34.2 Å². The Kier molecular flexibility index (Phi) is 9.35. The maximum atomic E-state index is 13.2. The summed E-state index contributed by atoms with van der Waals surface area (Å²) in [6.07, 6.45) is 1.65. The van der Waals surface area contributed by atoms with Crippen LogP contribution < -0.4 is 14.2 Å². The molecule has 1 heterocycles. The highest BCUT2D eigenvalue weighted by molar-refractivity contribution is 9.10. The molecule has 204 valence electrons. The highest BCUT2D eigenvalue weighted by Crippen LogP contribution is 2.39. The Hall–Kier alpha value is -3.30. The van der Waals surface area contributed by atoms with Crippen molar-refractivity contribution in [1.82, 2.24) is 4.90 Å². The second-order valence-corrected chi connectivity index (χ2v) is 11.2. The third kappa shape index (κ3) is 7.02. The zero-order valence-electron chi connectivity index (χ0n) is 22.1. The van der Waals surface area contributed by atoms with Crippen molar-refractivity contribution in [3.8, 4) is 17.2 Å². The number of nitrogens with zero attached hydrogens (tertiary/aromatic N) is 1. The maximum absolute atomic E-state index is 13.2. The first-order valence-corrected chi connectivity index (χ1v) is 14.0. The van der Waals surface area contributed by atoms with Gasteiger partial charge >= 0.3 is 0 Å². The molecule has 1 fully saturated rings. The number of thioether (sulfide) groups is 1. The molecule has 2 amide bonds. The van der Waals surface area contributed by atoms with Gasteiger partial charge < -0.3 is 14.2 Å². The Bertz CT molecular complexity index is 1410. The fourth-order valence-electron chi connectivity index (χ4n) is 4.03. The fourth-order valence-corrected chi connectivity index (χ4v) is 5.47. The standard InChI is InChI=1S/C30H29BrFNO5S/c1-18(2)23-10-5-19(3)13-25(23)37-12-11-33-29(34)27(39-30(33)35)16-21-14-24(31)28(26(15-21)36-4)38-17-20-6-8-22(32)9-7-20/h5-10,13-16,18H,11-12,17H2,1-4H3/b27-16-. The topological polar surface area (TPSA) is 65.1 Å². The predicted octanol–water partition coefficient (Wildman–Crippen LogP) is 7.72. The number of halogens is 2. The second kappa shape index (κ2) is 12.7. The Morgan fingerprint density at radius 2 is 1.77 bits per heavy atom. The maximum Gasteiger partial charge on any atom is 0.293 e. The summed E-state index contributed by atoms with van der Waals surface area (Å²) in [7, 11) is 1.52. The summed E-state index contributed by atoms with van der Waals surface area (Å²) in [5.41, 5.74) is 3.63. The van der Waals surface area contributed by atoms with Crippen LogP contribution in [-0.2, 0) is 11.4 Å². The van der Waals surface area contributed by atoms with Gasteiger partial charge in [0.25, 0.3) is 11.1 Å². The third-order valence-corrected chi connectivity index (χ3v) is 7.58. The number of amides is 2. The Morgan fingerprint density at radius 3 is 2.46 bits per heavy atom. The molecule has 9 heteroatoms. The lowest BCUT2D eigenvalue weighted by Crippen LogP contribution is -2.32. The minimum absolute atomic E-state index is 0.149. The van der Waals surface area contributed by atoms with E-state index in [4.69, 9.17) is 14.2 Å². The lowest BCUT2D eigenvalue weighted by Gasteiger charge is -2.17. The number of hydrogen-bond acceptors (Lipinski definition) is 6. The number of carbonyl (C=O) groups excluding carboxylic acids is 2. The van der Waals surface area contributed by atoms with Gasteiger partial charge in [0, 0.05) is 0 Å². The van der Waals surface area contributed by atoms with Crippen molar-refractivity contribution in [1.29, 1.82) is 0 Å². The summed E-state index contributed by atoms with van der Waals surface area (Å²) in [4.78, 5) is 27.2. The average molecular weight is 615 g/mol. The van der Waals surface area contributed by atoms with Crippen LogP contribution in [0.5, 0.6) is 17.2 Å². The number of hydrogen-bond donors (Lipinski definition) is 0. The van der Waals surface area contributed by atoms with Crippen LogP contribution in [0.4, 0.5) is 9.18 Å². The van der Waals surface area contributed by atoms with Crippen LogP contribution in [-0.4, -0.2) is 36.3 Å². The zero-order valence-corrected chi connectivity index (χ0v) is 24.5. The summed E-state index contributed by atoms with van der Waals surface area (Å²) in [5, 5.41) is -0.339. The molecule has 6 nitrogen and oxygen atoms in total. The molecular weight excluding hydrogens is 585 g/mol. The first kappa shape index (κ1) is 28.7. The molecule has 3 aromatic rings. The third-order valence-electron chi connectivity index (χ3n) is 6.08. The molecule has 39 heavy (non-hydrogen) atoms. The molecule has 1 saturated heterocycles. The number of ether oxygens (including phenoxy) is 3. The van der Waals surface area contributed by atoms with E-state index >= 15 is 0 Å². The van der Waals surface area contributed by atoms with Gasteiger partial charge in [-0.2, -0.15) is 0 Å². The van der Waals surface area contributed by atoms with E-state index in [2.05, 4.69) is 29.8 Å². The predicted molar refractivity (Wildman–Crippen MR) is 155 cm³/mol. The van der Waals surface area contributed by atoms with Crippen molar-refractivity contribution < 1.29 is 28.2 Å². The zero-order chi connectivity index (χ0) is 28.1. The summed E-state index contributed by atoms with van der Waals surface area (Å²) in [5.74, 6) is 1.30. The number of rotatable bonds is 10. The van der Waals surface area contributed by atoms with Crippen LogP contribution in [0.25, 0.3) is 6.08 Å². The second-order valence-electron chi connectivity index (χ2n) is 9.33. The van der Waals surface area contributed by atoms with Crippen molar-refractivity contribution >= 4 is 44.9 Å². The minimum atomic E-state index is -0.367. The first-order valence-electron chi connectivity index (χ1n) is 12.4. The Morgan fingerprint density at radius 1 is 1.03 bits per heavy atom. The number of methoxy groups -OCH3 is 1. The molecule has 4 rings (SSSR count). The van der Waals surface area contributed by atoms with Crippen molar-refractivity contribution in [3.05, 3.63) is 92.0 Å². The van der Waals surface area contributed by atoms with E-state index in [0.29, 0.717) is 26.4 Å². The molecule has 1 aliphatic rings. The summed E-state index contributed by atoms with van der Waals surface area (Å²) in [6.45, 7) is 6.75. The van der Waals surface area contributed by atoms with Gasteiger partial charge in [-0.25, -0.2) is 4.39 Å². The molecule has 1 aliphatic heterocycles. The Labute approximate surface area is 240 Å². The molecule has 0 spiro atoms. The van der Waals surface area contributed by atoms with Crippen LogP contribution in [0.2, 0.25) is 0 Å². The van der Waals surface area contributed by atoms with Gasteiger partial charge in [-0.1, -0.05) is 38.1 Å². The molecule has 0 radical (unpaired) electrons. The van der Waals surface area contributed by atoms with E-state index in [-0.39, 0.29) is 42.6 Å². The van der Waals surface area contributed by atoms with E-state index in [9.17, 15) is 14.0 Å². The summed E-state index contributed by atoms with van der Waals surface area (Å²) < 4.78 is 31.2. The SMILES string of the molecule is COc1cc(/C=C2\SC(=O)N(CCOc3cc(C)ccc3C(C)C)C2=O)cc(Br)c1OCc1ccc(F)cc1. The van der Waals surface area contributed by atoms with Crippen molar-refractivity contribution in [3.63, 3.8) is 0 Å². The van der Waals surface area contributed by atoms with E-state index < -0.39 is 0 Å². The summed E-state index contributed by atoms with van der Waals surface area (Å²) >= 11 is 4.40. The smallest absolute Gasteiger partial charge is 0.293 e. The van der Waals surface area contributed by atoms with Gasteiger partial charge in [0.15, 0.2) is 11.5 Å². The lowest BCUT2D eigenvalue weighted by atomic mass is 10.0. The first-order chi connectivity index (χ1) is 18.7. The van der Waals surface area contributed by atoms with Gasteiger partial charge in [-0.05, 0) is 99.2 Å². The fraction of sp³-hybridized carbons (Fsp3) is 0.267. The molecule has 0 bridgehead atoms. The number of aryl methyl sites for hydroxylation is 1. The van der Waals surface area contributed by atoms with Crippen LogP contribution in [0.3, 0.4) is 0 Å². The number of benzene rings is 3. The molecule has 3 aromatic carbocycles. The number of carbonyl (C=O) groups is 2. The molecule has 0 atom stereocenters.